The maximum absolute atomic E-state index is 12.2. The molecule has 0 radical (unpaired) electrons. The summed E-state index contributed by atoms with van der Waals surface area (Å²) in [5, 5.41) is 5.37. The number of nitrogens with one attached hydrogen (secondary N) is 2. The largest absolute Gasteiger partial charge is 0.573 e. The molecule has 0 atom stereocenters. The fourth-order valence-corrected chi connectivity index (χ4v) is 3.55. The molecule has 0 saturated heterocycles. The van der Waals surface area contributed by atoms with E-state index in [1.165, 1.54) is 35.6 Å². The molecule has 0 fully saturated rings. The molecule has 0 aliphatic carbocycles. The Morgan fingerprint density at radius 3 is 2.18 bits per heavy atom. The zero-order valence-electron chi connectivity index (χ0n) is 14.3. The van der Waals surface area contributed by atoms with E-state index in [0.717, 1.165) is 11.8 Å². The normalized spacial score (nSPS) is 11.9. The van der Waals surface area contributed by atoms with Gasteiger partial charge in [0.15, 0.2) is 5.13 Å². The van der Waals surface area contributed by atoms with Gasteiger partial charge in [0.25, 0.3) is 0 Å². The minimum absolute atomic E-state index is 0.305. The van der Waals surface area contributed by atoms with Crippen LogP contribution < -0.4 is 14.8 Å². The summed E-state index contributed by atoms with van der Waals surface area (Å²) >= 11 is 1.32. The number of rotatable bonds is 6. The Morgan fingerprint density at radius 2 is 1.61 bits per heavy atom. The number of aromatic nitrogens is 1. The molecule has 0 bridgehead atoms. The number of hydrogen-bond donors (Lipinski definition) is 2. The first kappa shape index (κ1) is 20.0. The molecule has 148 valence electrons. The number of nitrogens with zero attached hydrogens (tertiary/aromatic N) is 1. The third kappa shape index (κ3) is 5.86. The van der Waals surface area contributed by atoms with E-state index >= 15 is 0 Å². The zero-order valence-corrected chi connectivity index (χ0v) is 16.0. The summed E-state index contributed by atoms with van der Waals surface area (Å²) in [6, 6.07) is 12.0. The standard InChI is InChI=1S/C17H14F3N3O3S2/c1-28(24,25)23-13-4-2-11(3-5-13)15-10-27-16(22-15)21-12-6-8-14(9-7-12)26-17(18,19)20/h2-10,23H,1H3,(H,21,22). The Kier molecular flexibility index (Phi) is 5.47. The minimum atomic E-state index is -4.73. The van der Waals surface area contributed by atoms with Gasteiger partial charge >= 0.3 is 6.36 Å². The first-order valence-corrected chi connectivity index (χ1v) is 10.5. The smallest absolute Gasteiger partial charge is 0.406 e. The van der Waals surface area contributed by atoms with Gasteiger partial charge < -0.3 is 10.1 Å². The van der Waals surface area contributed by atoms with E-state index in [0.29, 0.717) is 22.2 Å². The van der Waals surface area contributed by atoms with Crippen LogP contribution in [-0.2, 0) is 10.0 Å². The van der Waals surface area contributed by atoms with Gasteiger partial charge in [-0.2, -0.15) is 0 Å². The summed E-state index contributed by atoms with van der Waals surface area (Å²) in [5.74, 6) is -0.305. The quantitative estimate of drug-likeness (QED) is 0.587. The predicted molar refractivity (Wildman–Crippen MR) is 102 cm³/mol. The highest BCUT2D eigenvalue weighted by atomic mass is 32.2. The second-order valence-electron chi connectivity index (χ2n) is 5.69. The maximum Gasteiger partial charge on any atom is 0.573 e. The zero-order chi connectivity index (χ0) is 20.4. The summed E-state index contributed by atoms with van der Waals surface area (Å²) < 4.78 is 65.2. The van der Waals surface area contributed by atoms with Gasteiger partial charge in [0, 0.05) is 22.3 Å². The van der Waals surface area contributed by atoms with E-state index in [2.05, 4.69) is 19.8 Å². The van der Waals surface area contributed by atoms with Crippen LogP contribution in [0.3, 0.4) is 0 Å². The van der Waals surface area contributed by atoms with E-state index in [9.17, 15) is 21.6 Å². The van der Waals surface area contributed by atoms with Crippen molar-refractivity contribution >= 4 is 37.9 Å². The average molecular weight is 429 g/mol. The molecule has 3 rings (SSSR count). The molecule has 28 heavy (non-hydrogen) atoms. The third-order valence-corrected chi connectivity index (χ3v) is 4.69. The second-order valence-corrected chi connectivity index (χ2v) is 8.29. The summed E-state index contributed by atoms with van der Waals surface area (Å²) in [6.07, 6.45) is -3.66. The number of thiazole rings is 1. The van der Waals surface area contributed by atoms with Crippen LogP contribution in [0.2, 0.25) is 0 Å². The van der Waals surface area contributed by atoms with Crippen molar-refractivity contribution in [3.8, 4) is 17.0 Å². The molecule has 6 nitrogen and oxygen atoms in total. The van der Waals surface area contributed by atoms with Crippen molar-refractivity contribution in [2.24, 2.45) is 0 Å². The molecule has 2 N–H and O–H groups in total. The Morgan fingerprint density at radius 1 is 1.00 bits per heavy atom. The van der Waals surface area contributed by atoms with Gasteiger partial charge in [0.1, 0.15) is 5.75 Å². The number of hydrogen-bond acceptors (Lipinski definition) is 6. The molecule has 2 aromatic carbocycles. The van der Waals surface area contributed by atoms with E-state index in [1.807, 2.05) is 5.38 Å². The van der Waals surface area contributed by atoms with Gasteiger partial charge in [0.2, 0.25) is 10.0 Å². The van der Waals surface area contributed by atoms with Gasteiger partial charge in [-0.15, -0.1) is 24.5 Å². The molecule has 0 aliphatic rings. The van der Waals surface area contributed by atoms with Gasteiger partial charge in [-0.25, -0.2) is 13.4 Å². The van der Waals surface area contributed by atoms with Gasteiger partial charge in [0.05, 0.1) is 11.9 Å². The molecule has 0 saturated carbocycles. The number of halogens is 3. The monoisotopic (exact) mass is 429 g/mol. The summed E-state index contributed by atoms with van der Waals surface area (Å²) in [6.45, 7) is 0. The number of alkyl halides is 3. The highest BCUT2D eigenvalue weighted by molar-refractivity contribution is 7.92. The van der Waals surface area contributed by atoms with E-state index in [1.54, 1.807) is 24.3 Å². The van der Waals surface area contributed by atoms with E-state index < -0.39 is 16.4 Å². The molecule has 0 amide bonds. The van der Waals surface area contributed by atoms with Gasteiger partial charge in [-0.3, -0.25) is 4.72 Å². The van der Waals surface area contributed by atoms with Crippen LogP contribution in [0.4, 0.5) is 29.7 Å². The Labute approximate surface area is 163 Å². The lowest BCUT2D eigenvalue weighted by Crippen LogP contribution is -2.16. The van der Waals surface area contributed by atoms with Crippen molar-refractivity contribution in [3.05, 3.63) is 53.9 Å². The van der Waals surface area contributed by atoms with Crippen LogP contribution in [0, 0.1) is 0 Å². The maximum atomic E-state index is 12.2. The fraction of sp³-hybridized carbons (Fsp3) is 0.118. The molecule has 1 heterocycles. The van der Waals surface area contributed by atoms with Crippen LogP contribution in [0.1, 0.15) is 0 Å². The van der Waals surface area contributed by atoms with Crippen molar-refractivity contribution in [2.45, 2.75) is 6.36 Å². The van der Waals surface area contributed by atoms with Crippen molar-refractivity contribution in [3.63, 3.8) is 0 Å². The highest BCUT2D eigenvalue weighted by Crippen LogP contribution is 2.29. The van der Waals surface area contributed by atoms with E-state index in [4.69, 9.17) is 0 Å². The second kappa shape index (κ2) is 7.68. The minimum Gasteiger partial charge on any atom is -0.406 e. The number of sulfonamides is 1. The van der Waals surface area contributed by atoms with Crippen LogP contribution in [0.15, 0.2) is 53.9 Å². The first-order valence-electron chi connectivity index (χ1n) is 7.74. The Bertz CT molecular complexity index is 1050. The first-order chi connectivity index (χ1) is 13.1. The highest BCUT2D eigenvalue weighted by Gasteiger charge is 2.30. The van der Waals surface area contributed by atoms with Crippen molar-refractivity contribution in [1.29, 1.82) is 0 Å². The lowest BCUT2D eigenvalue weighted by atomic mass is 10.1. The van der Waals surface area contributed by atoms with Gasteiger partial charge in [-0.05, 0) is 36.4 Å². The summed E-state index contributed by atoms with van der Waals surface area (Å²) in [7, 11) is -3.34. The molecule has 1 aromatic heterocycles. The van der Waals surface area contributed by atoms with E-state index in [-0.39, 0.29) is 5.75 Å². The lowest BCUT2D eigenvalue weighted by molar-refractivity contribution is -0.274. The van der Waals surface area contributed by atoms with Crippen molar-refractivity contribution in [1.82, 2.24) is 4.98 Å². The van der Waals surface area contributed by atoms with Crippen LogP contribution >= 0.6 is 11.3 Å². The molecule has 11 heteroatoms. The molecule has 0 unspecified atom stereocenters. The molecule has 3 aromatic rings. The number of anilines is 3. The topological polar surface area (TPSA) is 80.3 Å². The Balaban J connectivity index is 1.67. The van der Waals surface area contributed by atoms with Crippen LogP contribution in [0.25, 0.3) is 11.3 Å². The Hall–Kier alpha value is -2.79. The fourth-order valence-electron chi connectivity index (χ4n) is 2.25. The van der Waals surface area contributed by atoms with Crippen LogP contribution in [0.5, 0.6) is 5.75 Å². The SMILES string of the molecule is CS(=O)(=O)Nc1ccc(-c2csc(Nc3ccc(OC(F)(F)F)cc3)n2)cc1. The molecule has 0 spiro atoms. The van der Waals surface area contributed by atoms with Crippen molar-refractivity contribution < 1.29 is 26.3 Å². The molecular formula is C17H14F3N3O3S2. The number of benzene rings is 2. The number of ether oxygens (including phenoxy) is 1. The summed E-state index contributed by atoms with van der Waals surface area (Å²) in [4.78, 5) is 4.42. The lowest BCUT2D eigenvalue weighted by Gasteiger charge is -2.09. The molecular weight excluding hydrogens is 415 g/mol. The van der Waals surface area contributed by atoms with Crippen LogP contribution in [-0.4, -0.2) is 26.0 Å². The average Bonchev–Trinajstić information content (AvgIpc) is 3.03. The third-order valence-electron chi connectivity index (χ3n) is 3.33. The van der Waals surface area contributed by atoms with Crippen molar-refractivity contribution in [2.75, 3.05) is 16.3 Å². The summed E-state index contributed by atoms with van der Waals surface area (Å²) in [5.41, 5.74) is 2.47. The van der Waals surface area contributed by atoms with Gasteiger partial charge in [-0.1, -0.05) is 12.1 Å². The molecule has 0 aliphatic heterocycles. The predicted octanol–water partition coefficient (Wildman–Crippen LogP) is 4.82.